The number of alkyl halides is 11. The summed E-state index contributed by atoms with van der Waals surface area (Å²) in [6.07, 6.45) is 6.56. The molecule has 5 aromatic rings. The minimum Gasteiger partial charge on any atom is -0.440 e. The van der Waals surface area contributed by atoms with Crippen molar-refractivity contribution < 1.29 is 4.42 Å². The molecule has 5 rings (SSSR count). The Morgan fingerprint density at radius 3 is 1.45 bits per heavy atom. The van der Waals surface area contributed by atoms with Crippen molar-refractivity contribution in [2.75, 3.05) is 6.26 Å². The largest absolute Gasteiger partial charge is 0.440 e. The summed E-state index contributed by atoms with van der Waals surface area (Å²) in [4.78, 5) is 7.67. The molecule has 0 saturated carbocycles. The number of hydrogen-bond donors (Lipinski definition) is 0. The molecule has 0 radical (unpaired) electrons. The van der Waals surface area contributed by atoms with Crippen molar-refractivity contribution in [3.8, 4) is 0 Å². The molecule has 0 fully saturated rings. The molecule has 0 N–H and O–H groups in total. The molecule has 0 amide bonds. The van der Waals surface area contributed by atoms with Gasteiger partial charge in [0.05, 0.1) is 12.4 Å². The SMILES string of the molecule is CSCl.ClC(Cl)(Cl)Sc1ccc(Br)cc1.ClC(Cl)Sc1ccc(Br)cc1.ClC(Cl)Sc1cnsc1.ClC(Cl)Sc1ncco1.Clc1cc(Cl)cc(SC(Cl)Cl)c1. The van der Waals surface area contributed by atoms with Gasteiger partial charge >= 0.3 is 0 Å². The van der Waals surface area contributed by atoms with Gasteiger partial charge in [-0.2, -0.15) is 4.37 Å². The van der Waals surface area contributed by atoms with E-state index in [1.807, 2.05) is 60.2 Å². The number of halogens is 16. The summed E-state index contributed by atoms with van der Waals surface area (Å²) < 4.78 is 7.70. The Morgan fingerprint density at radius 2 is 1.07 bits per heavy atom. The molecule has 312 valence electrons. The lowest BCUT2D eigenvalue weighted by Gasteiger charge is -2.09. The Balaban J connectivity index is 0.000000666. The molecule has 0 aliphatic rings. The third kappa shape index (κ3) is 37.0. The van der Waals surface area contributed by atoms with Crippen molar-refractivity contribution in [3.05, 3.63) is 110 Å². The highest BCUT2D eigenvalue weighted by molar-refractivity contribution is 9.10. The van der Waals surface area contributed by atoms with Gasteiger partial charge in [0.2, 0.25) is 3.12 Å². The highest BCUT2D eigenvalue weighted by atomic mass is 79.9. The zero-order chi connectivity index (χ0) is 42.7. The molecular formula is C30H22Br2Cl14N2OS7. The first-order valence-electron chi connectivity index (χ1n) is 13.7. The van der Waals surface area contributed by atoms with Gasteiger partial charge in [0, 0.05) is 44.0 Å². The van der Waals surface area contributed by atoms with Crippen LogP contribution in [-0.4, -0.2) is 35.4 Å². The van der Waals surface area contributed by atoms with E-state index in [9.17, 15) is 0 Å². The fourth-order valence-corrected chi connectivity index (χ4v) is 10.1. The van der Waals surface area contributed by atoms with Crippen molar-refractivity contribution in [3.63, 3.8) is 0 Å². The zero-order valence-electron chi connectivity index (χ0n) is 27.2. The first kappa shape index (κ1) is 59.6. The van der Waals surface area contributed by atoms with Crippen molar-refractivity contribution >= 4 is 275 Å². The Bertz CT molecular complexity index is 1620. The van der Waals surface area contributed by atoms with Gasteiger partial charge in [-0.15, -0.1) is 0 Å². The van der Waals surface area contributed by atoms with Crippen molar-refractivity contribution in [2.24, 2.45) is 0 Å². The van der Waals surface area contributed by atoms with E-state index in [1.165, 1.54) is 75.8 Å². The van der Waals surface area contributed by atoms with Gasteiger partial charge in [-0.05, 0) is 107 Å². The van der Waals surface area contributed by atoms with Crippen LogP contribution in [0.25, 0.3) is 0 Å². The molecule has 0 aliphatic heterocycles. The van der Waals surface area contributed by atoms with E-state index in [0.717, 1.165) is 40.3 Å². The molecule has 0 unspecified atom stereocenters. The standard InChI is InChI=1S/C7H4BrCl3S.C7H5BrCl2S.C7H4Cl4S.C4H3Cl2NOS.C4H3Cl2NS2.CH3ClS/c8-5-1-3-6(4-2-5)12-7(9,10)11;8-5-1-3-6(4-2-5)11-7(9)10;8-4-1-5(9)3-6(2-4)12-7(10)11;5-3(6)9-4-7-1-2-8-4;5-4(6)9-3-1-7-8-2-3;1-3-2/h1-4H;1-4,7H;1-3,7H;1-3H;1-2,4H;1H3. The van der Waals surface area contributed by atoms with Gasteiger partial charge in [0.25, 0.3) is 5.22 Å². The predicted octanol–water partition coefficient (Wildman–Crippen LogP) is 21.0. The molecule has 3 nitrogen and oxygen atoms in total. The number of oxazole rings is 1. The van der Waals surface area contributed by atoms with Crippen LogP contribution in [0.5, 0.6) is 0 Å². The van der Waals surface area contributed by atoms with Crippen LogP contribution in [-0.2, 0) is 0 Å². The van der Waals surface area contributed by atoms with Gasteiger partial charge < -0.3 is 4.42 Å². The van der Waals surface area contributed by atoms with Crippen LogP contribution in [0.1, 0.15) is 0 Å². The first-order valence-corrected chi connectivity index (χ1v) is 27.9. The average molecular weight is 1310 g/mol. The number of hydrogen-bond acceptors (Lipinski definition) is 10. The van der Waals surface area contributed by atoms with Crippen molar-refractivity contribution in [1.82, 2.24) is 9.36 Å². The molecule has 0 bridgehead atoms. The third-order valence-electron chi connectivity index (χ3n) is 4.38. The Morgan fingerprint density at radius 1 is 0.643 bits per heavy atom. The summed E-state index contributed by atoms with van der Waals surface area (Å²) >= 11 is 86.7. The first-order chi connectivity index (χ1) is 26.2. The summed E-state index contributed by atoms with van der Waals surface area (Å²) in [5.74, 6) is 0. The van der Waals surface area contributed by atoms with E-state index < -0.39 is 15.6 Å². The molecule has 2 heterocycles. The highest BCUT2D eigenvalue weighted by Crippen LogP contribution is 2.43. The van der Waals surface area contributed by atoms with Crippen LogP contribution in [0, 0.1) is 0 Å². The second kappa shape index (κ2) is 35.9. The summed E-state index contributed by atoms with van der Waals surface area (Å²) in [7, 11) is 6.14. The van der Waals surface area contributed by atoms with E-state index in [2.05, 4.69) is 41.2 Å². The van der Waals surface area contributed by atoms with E-state index in [0.29, 0.717) is 15.3 Å². The second-order valence-corrected chi connectivity index (χ2v) is 28.3. The van der Waals surface area contributed by atoms with Gasteiger partial charge in [0.1, 0.15) is 6.26 Å². The predicted molar refractivity (Wildman–Crippen MR) is 274 cm³/mol. The fraction of sp³-hybridized carbons (Fsp3) is 0.200. The van der Waals surface area contributed by atoms with E-state index >= 15 is 0 Å². The summed E-state index contributed by atoms with van der Waals surface area (Å²) in [5, 5.41) is 3.56. The molecule has 56 heavy (non-hydrogen) atoms. The molecule has 0 saturated heterocycles. The van der Waals surface area contributed by atoms with Crippen LogP contribution < -0.4 is 0 Å². The average Bonchev–Trinajstić information content (AvgIpc) is 3.78. The lowest BCUT2D eigenvalue weighted by atomic mass is 10.4. The third-order valence-corrected chi connectivity index (χ3v) is 12.8. The molecule has 0 atom stereocenters. The van der Waals surface area contributed by atoms with E-state index in [4.69, 9.17) is 166 Å². The highest BCUT2D eigenvalue weighted by Gasteiger charge is 2.20. The monoisotopic (exact) mass is 1300 g/mol. The minimum atomic E-state index is -1.28. The van der Waals surface area contributed by atoms with Gasteiger partial charge in [-0.3, -0.25) is 0 Å². The summed E-state index contributed by atoms with van der Waals surface area (Å²) in [6.45, 7) is 0. The van der Waals surface area contributed by atoms with Gasteiger partial charge in [-0.1, -0.05) is 241 Å². The lowest BCUT2D eigenvalue weighted by molar-refractivity contribution is 0.454. The second-order valence-electron chi connectivity index (χ2n) is 8.39. The quantitative estimate of drug-likeness (QED) is 0.106. The minimum absolute atomic E-state index is 0.388. The van der Waals surface area contributed by atoms with E-state index in [-0.39, 0.29) is 4.17 Å². The molecule has 0 aliphatic carbocycles. The summed E-state index contributed by atoms with van der Waals surface area (Å²) in [5.41, 5.74) is 0. The van der Waals surface area contributed by atoms with Crippen LogP contribution in [0.15, 0.2) is 129 Å². The Labute approximate surface area is 442 Å². The van der Waals surface area contributed by atoms with Crippen LogP contribution >= 0.6 is 275 Å². The van der Waals surface area contributed by atoms with Crippen molar-refractivity contribution in [2.45, 2.75) is 44.6 Å². The molecule has 2 aromatic heterocycles. The van der Waals surface area contributed by atoms with Crippen LogP contribution in [0.2, 0.25) is 10.0 Å². The zero-order valence-corrected chi connectivity index (χ0v) is 46.6. The fourth-order valence-electron chi connectivity index (χ4n) is 2.65. The maximum Gasteiger partial charge on any atom is 0.258 e. The number of aromatic nitrogens is 2. The molecular weight excluding hydrogens is 1280 g/mol. The topological polar surface area (TPSA) is 38.9 Å². The number of rotatable bonds is 9. The lowest BCUT2D eigenvalue weighted by Crippen LogP contribution is -1.92. The maximum atomic E-state index is 5.75. The normalized spacial score (nSPS) is 10.6. The van der Waals surface area contributed by atoms with Gasteiger partial charge in [-0.25, -0.2) is 4.98 Å². The summed E-state index contributed by atoms with van der Waals surface area (Å²) in [6, 6.07) is 20.6. The van der Waals surface area contributed by atoms with Crippen LogP contribution in [0.3, 0.4) is 0 Å². The van der Waals surface area contributed by atoms with E-state index in [1.54, 1.807) is 30.6 Å². The Kier molecular flexibility index (Phi) is 38.2. The van der Waals surface area contributed by atoms with Gasteiger partial charge in [0.15, 0.2) is 16.7 Å². The van der Waals surface area contributed by atoms with Crippen molar-refractivity contribution in [1.29, 1.82) is 0 Å². The molecule has 0 spiro atoms. The maximum absolute atomic E-state index is 5.75. The molecule has 3 aromatic carbocycles. The smallest absolute Gasteiger partial charge is 0.258 e. The van der Waals surface area contributed by atoms with Crippen LogP contribution in [0.4, 0.5) is 0 Å². The number of nitrogens with zero attached hydrogens (tertiary/aromatic N) is 2. The number of thioether (sulfide) groups is 5. The number of benzene rings is 3. The molecule has 26 heteroatoms. The Hall–Kier alpha value is 3.62.